The molecule has 9 heteroatoms. The summed E-state index contributed by atoms with van der Waals surface area (Å²) in [6, 6.07) is 7.74. The molecule has 34 heavy (non-hydrogen) atoms. The normalized spacial score (nSPS) is 36.0. The van der Waals surface area contributed by atoms with Gasteiger partial charge in [-0.05, 0) is 81.4 Å². The lowest BCUT2D eigenvalue weighted by molar-refractivity contribution is -0.211. The SMILES string of the molecule is CC(F)(F)c1nc(C23CCC(CN(C(=O)C45CC(F)(C4)C5)c4cccc(Br)c4)(CC2)CC3)no1. The Morgan fingerprint density at radius 3 is 2.32 bits per heavy atom. The minimum absolute atomic E-state index is 0.0369. The Labute approximate surface area is 204 Å². The van der Waals surface area contributed by atoms with Crippen molar-refractivity contribution in [1.29, 1.82) is 0 Å². The molecule has 0 spiro atoms. The predicted octanol–water partition coefficient (Wildman–Crippen LogP) is 6.46. The first-order valence-electron chi connectivity index (χ1n) is 11.9. The molecule has 5 nitrogen and oxygen atoms in total. The molecule has 6 aliphatic rings. The van der Waals surface area contributed by atoms with Gasteiger partial charge in [-0.2, -0.15) is 13.8 Å². The number of nitrogens with zero attached hydrogens (tertiary/aromatic N) is 3. The first-order valence-corrected chi connectivity index (χ1v) is 12.7. The number of rotatable bonds is 6. The zero-order chi connectivity index (χ0) is 24.0. The molecule has 0 aliphatic heterocycles. The van der Waals surface area contributed by atoms with Crippen LogP contribution in [0.3, 0.4) is 0 Å². The second kappa shape index (κ2) is 7.08. The van der Waals surface area contributed by atoms with Crippen molar-refractivity contribution in [3.63, 3.8) is 0 Å². The summed E-state index contributed by atoms with van der Waals surface area (Å²) in [7, 11) is 0. The fraction of sp³-hybridized carbons (Fsp3) is 0.640. The van der Waals surface area contributed by atoms with E-state index < -0.39 is 22.9 Å². The fourth-order valence-electron chi connectivity index (χ4n) is 6.89. The van der Waals surface area contributed by atoms with Crippen molar-refractivity contribution in [3.05, 3.63) is 40.5 Å². The lowest BCUT2D eigenvalue weighted by Gasteiger charge is -2.65. The molecule has 1 heterocycles. The van der Waals surface area contributed by atoms with Gasteiger partial charge in [0.2, 0.25) is 5.91 Å². The van der Waals surface area contributed by atoms with E-state index in [4.69, 9.17) is 4.52 Å². The fourth-order valence-corrected chi connectivity index (χ4v) is 7.28. The van der Waals surface area contributed by atoms with Crippen LogP contribution in [-0.4, -0.2) is 28.3 Å². The highest BCUT2D eigenvalue weighted by Crippen LogP contribution is 2.70. The van der Waals surface area contributed by atoms with Gasteiger partial charge in [-0.3, -0.25) is 4.79 Å². The van der Waals surface area contributed by atoms with E-state index in [9.17, 15) is 18.0 Å². The zero-order valence-corrected chi connectivity index (χ0v) is 20.6. The van der Waals surface area contributed by atoms with Gasteiger partial charge in [0, 0.05) is 29.0 Å². The predicted molar refractivity (Wildman–Crippen MR) is 122 cm³/mol. The Morgan fingerprint density at radius 1 is 1.15 bits per heavy atom. The molecule has 0 saturated heterocycles. The molecule has 1 aromatic carbocycles. The number of alkyl halides is 3. The monoisotopic (exact) mass is 537 g/mol. The Morgan fingerprint density at radius 2 is 1.79 bits per heavy atom. The van der Waals surface area contributed by atoms with Crippen molar-refractivity contribution in [2.75, 3.05) is 11.4 Å². The third-order valence-corrected chi connectivity index (χ3v) is 9.45. The standard InChI is InChI=1S/C25H27BrF3N3O2/c1-21(27,28)19-30-18(31-34-19)23-8-5-22(6-9-23,7-10-23)15-32(17-4-2-3-16(26)11-17)20(33)24-12-25(29,13-24)14-24/h2-4,11H,5-10,12-15H2,1H3. The van der Waals surface area contributed by atoms with Crippen LogP contribution in [0, 0.1) is 10.8 Å². The van der Waals surface area contributed by atoms with E-state index in [0.717, 1.165) is 55.6 Å². The van der Waals surface area contributed by atoms with Crippen molar-refractivity contribution in [2.45, 2.75) is 81.7 Å². The molecule has 4 bridgehead atoms. The average molecular weight is 538 g/mol. The van der Waals surface area contributed by atoms with E-state index in [-0.39, 0.29) is 16.7 Å². The first-order chi connectivity index (χ1) is 16.0. The van der Waals surface area contributed by atoms with E-state index in [1.807, 2.05) is 29.2 Å². The van der Waals surface area contributed by atoms with Crippen molar-refractivity contribution in [1.82, 2.24) is 10.1 Å². The average Bonchev–Trinajstić information content (AvgIpc) is 3.27. The number of carbonyl (C=O) groups excluding carboxylic acids is 1. The van der Waals surface area contributed by atoms with Crippen LogP contribution in [0.4, 0.5) is 18.9 Å². The number of halogens is 4. The van der Waals surface area contributed by atoms with Gasteiger partial charge in [-0.15, -0.1) is 0 Å². The van der Waals surface area contributed by atoms with E-state index in [0.29, 0.717) is 31.6 Å². The summed E-state index contributed by atoms with van der Waals surface area (Å²) >= 11 is 3.52. The number of fused-ring (bicyclic) bond motifs is 3. The minimum Gasteiger partial charge on any atom is -0.333 e. The third kappa shape index (κ3) is 3.36. The quantitative estimate of drug-likeness (QED) is 0.424. The van der Waals surface area contributed by atoms with Crippen LogP contribution >= 0.6 is 15.9 Å². The van der Waals surface area contributed by atoms with E-state index in [1.165, 1.54) is 0 Å². The van der Waals surface area contributed by atoms with Gasteiger partial charge in [0.05, 0.1) is 5.41 Å². The summed E-state index contributed by atoms with van der Waals surface area (Å²) in [6.45, 7) is 1.35. The maximum absolute atomic E-state index is 14.2. The van der Waals surface area contributed by atoms with Crippen molar-refractivity contribution in [3.8, 4) is 0 Å². The minimum atomic E-state index is -3.15. The lowest BCUT2D eigenvalue weighted by Crippen LogP contribution is -2.71. The molecule has 6 fully saturated rings. The van der Waals surface area contributed by atoms with Gasteiger partial charge in [0.15, 0.2) is 5.82 Å². The van der Waals surface area contributed by atoms with Gasteiger partial charge >= 0.3 is 5.92 Å². The molecule has 6 saturated carbocycles. The topological polar surface area (TPSA) is 59.2 Å². The molecule has 1 amide bonds. The highest BCUT2D eigenvalue weighted by molar-refractivity contribution is 9.10. The Balaban J connectivity index is 1.23. The van der Waals surface area contributed by atoms with Gasteiger partial charge in [-0.25, -0.2) is 4.39 Å². The molecule has 1 aromatic heterocycles. The van der Waals surface area contributed by atoms with E-state index in [2.05, 4.69) is 26.1 Å². The number of anilines is 1. The molecule has 0 N–H and O–H groups in total. The maximum Gasteiger partial charge on any atom is 0.322 e. The van der Waals surface area contributed by atoms with Gasteiger partial charge in [-0.1, -0.05) is 27.2 Å². The van der Waals surface area contributed by atoms with Crippen LogP contribution in [0.5, 0.6) is 0 Å². The van der Waals surface area contributed by atoms with Gasteiger partial charge < -0.3 is 9.42 Å². The Kier molecular flexibility index (Phi) is 4.69. The summed E-state index contributed by atoms with van der Waals surface area (Å²) < 4.78 is 47.3. The number of hydrogen-bond acceptors (Lipinski definition) is 4. The largest absolute Gasteiger partial charge is 0.333 e. The molecule has 8 rings (SSSR count). The second-order valence-electron chi connectivity index (χ2n) is 11.4. The molecule has 2 aromatic rings. The summed E-state index contributed by atoms with van der Waals surface area (Å²) in [5.41, 5.74) is -1.24. The van der Waals surface area contributed by atoms with Crippen LogP contribution in [0.15, 0.2) is 33.3 Å². The highest BCUT2D eigenvalue weighted by atomic mass is 79.9. The molecule has 182 valence electrons. The number of hydrogen-bond donors (Lipinski definition) is 0. The Bertz CT molecular complexity index is 1120. The second-order valence-corrected chi connectivity index (χ2v) is 12.3. The van der Waals surface area contributed by atoms with Crippen molar-refractivity contribution < 1.29 is 22.5 Å². The lowest BCUT2D eigenvalue weighted by atomic mass is 9.41. The third-order valence-electron chi connectivity index (χ3n) is 8.96. The molecule has 0 radical (unpaired) electrons. The number of benzene rings is 1. The number of amides is 1. The Hall–Kier alpha value is -1.90. The van der Waals surface area contributed by atoms with Crippen LogP contribution in [0.1, 0.15) is 76.4 Å². The number of aromatic nitrogens is 2. The van der Waals surface area contributed by atoms with Crippen molar-refractivity contribution in [2.24, 2.45) is 10.8 Å². The summed E-state index contributed by atoms with van der Waals surface area (Å²) in [5.74, 6) is -3.36. The van der Waals surface area contributed by atoms with E-state index in [1.54, 1.807) is 0 Å². The van der Waals surface area contributed by atoms with Gasteiger partial charge in [0.25, 0.3) is 5.89 Å². The zero-order valence-electron chi connectivity index (χ0n) is 19.1. The van der Waals surface area contributed by atoms with Crippen LogP contribution < -0.4 is 4.90 Å². The molecule has 0 unspecified atom stereocenters. The van der Waals surface area contributed by atoms with Crippen LogP contribution in [0.25, 0.3) is 0 Å². The smallest absolute Gasteiger partial charge is 0.322 e. The van der Waals surface area contributed by atoms with Gasteiger partial charge in [0.1, 0.15) is 5.67 Å². The molecular weight excluding hydrogens is 511 g/mol. The van der Waals surface area contributed by atoms with Crippen molar-refractivity contribution >= 4 is 27.5 Å². The molecular formula is C25H27BrF3N3O2. The first kappa shape index (κ1) is 22.6. The van der Waals surface area contributed by atoms with Crippen LogP contribution in [0.2, 0.25) is 0 Å². The molecule has 0 atom stereocenters. The summed E-state index contributed by atoms with van der Waals surface area (Å²) in [6.07, 6.45) is 5.91. The van der Waals surface area contributed by atoms with E-state index >= 15 is 0 Å². The maximum atomic E-state index is 14.2. The molecule has 6 aliphatic carbocycles. The van der Waals surface area contributed by atoms with Crippen LogP contribution in [-0.2, 0) is 16.1 Å². The summed E-state index contributed by atoms with van der Waals surface area (Å²) in [4.78, 5) is 19.7. The highest BCUT2D eigenvalue weighted by Gasteiger charge is 2.73. The number of carbonyl (C=O) groups is 1. The summed E-state index contributed by atoms with van der Waals surface area (Å²) in [5, 5.41) is 3.93.